The molecule has 1 atom stereocenters. The van der Waals surface area contributed by atoms with Gasteiger partial charge in [-0.25, -0.2) is 0 Å². The minimum atomic E-state index is 0.114. The SMILES string of the molecule is O=C1NCCC1Cc1cccc2cccnc12. The molecule has 1 aliphatic rings. The molecule has 1 unspecified atom stereocenters. The normalized spacial score (nSPS) is 19.5. The predicted molar refractivity (Wildman–Crippen MR) is 66.6 cm³/mol. The highest BCUT2D eigenvalue weighted by molar-refractivity contribution is 5.84. The molecular weight excluding hydrogens is 212 g/mol. The molecule has 1 fully saturated rings. The molecule has 3 rings (SSSR count). The van der Waals surface area contributed by atoms with Gasteiger partial charge >= 0.3 is 0 Å². The van der Waals surface area contributed by atoms with Crippen molar-refractivity contribution in [3.8, 4) is 0 Å². The Morgan fingerprint density at radius 3 is 3.00 bits per heavy atom. The van der Waals surface area contributed by atoms with Gasteiger partial charge < -0.3 is 5.32 Å². The Balaban J connectivity index is 1.97. The summed E-state index contributed by atoms with van der Waals surface area (Å²) in [6.45, 7) is 0.807. The Morgan fingerprint density at radius 2 is 2.18 bits per heavy atom. The summed E-state index contributed by atoms with van der Waals surface area (Å²) >= 11 is 0. The monoisotopic (exact) mass is 226 g/mol. The number of pyridine rings is 1. The number of nitrogens with one attached hydrogen (secondary N) is 1. The summed E-state index contributed by atoms with van der Waals surface area (Å²) in [7, 11) is 0. The van der Waals surface area contributed by atoms with E-state index in [1.165, 1.54) is 5.56 Å². The van der Waals surface area contributed by atoms with E-state index in [9.17, 15) is 4.79 Å². The highest BCUT2D eigenvalue weighted by Gasteiger charge is 2.24. The van der Waals surface area contributed by atoms with Crippen molar-refractivity contribution in [3.63, 3.8) is 0 Å². The average Bonchev–Trinajstić information content (AvgIpc) is 2.76. The Labute approximate surface area is 99.9 Å². The van der Waals surface area contributed by atoms with Crippen molar-refractivity contribution in [2.24, 2.45) is 5.92 Å². The molecule has 1 amide bonds. The molecular formula is C14H14N2O. The summed E-state index contributed by atoms with van der Waals surface area (Å²) in [5.41, 5.74) is 2.19. The van der Waals surface area contributed by atoms with E-state index in [1.54, 1.807) is 6.20 Å². The highest BCUT2D eigenvalue weighted by Crippen LogP contribution is 2.22. The van der Waals surface area contributed by atoms with Crippen molar-refractivity contribution in [1.82, 2.24) is 10.3 Å². The fraction of sp³-hybridized carbons (Fsp3) is 0.286. The summed E-state index contributed by atoms with van der Waals surface area (Å²) in [6.07, 6.45) is 3.53. The standard InChI is InChI=1S/C14H14N2O/c17-14-12(6-8-16-14)9-11-4-1-3-10-5-2-7-15-13(10)11/h1-5,7,12H,6,8-9H2,(H,16,17). The number of aromatic nitrogens is 1. The first-order valence-electron chi connectivity index (χ1n) is 5.95. The van der Waals surface area contributed by atoms with Crippen molar-refractivity contribution < 1.29 is 4.79 Å². The summed E-state index contributed by atoms with van der Waals surface area (Å²) in [5.74, 6) is 0.292. The second kappa shape index (κ2) is 4.17. The molecule has 0 aliphatic carbocycles. The topological polar surface area (TPSA) is 42.0 Å². The maximum Gasteiger partial charge on any atom is 0.223 e. The molecule has 17 heavy (non-hydrogen) atoms. The van der Waals surface area contributed by atoms with Gasteiger partial charge in [-0.1, -0.05) is 24.3 Å². The van der Waals surface area contributed by atoms with Gasteiger partial charge in [-0.2, -0.15) is 0 Å². The molecule has 3 nitrogen and oxygen atoms in total. The van der Waals surface area contributed by atoms with Gasteiger partial charge in [0.15, 0.2) is 0 Å². The van der Waals surface area contributed by atoms with E-state index in [0.29, 0.717) is 0 Å². The quantitative estimate of drug-likeness (QED) is 0.850. The van der Waals surface area contributed by atoms with Crippen LogP contribution in [0, 0.1) is 5.92 Å². The first kappa shape index (κ1) is 10.3. The van der Waals surface area contributed by atoms with Crippen LogP contribution in [-0.4, -0.2) is 17.4 Å². The fourth-order valence-electron chi connectivity index (χ4n) is 2.44. The minimum Gasteiger partial charge on any atom is -0.356 e. The van der Waals surface area contributed by atoms with Crippen LogP contribution < -0.4 is 5.32 Å². The van der Waals surface area contributed by atoms with Crippen molar-refractivity contribution in [2.45, 2.75) is 12.8 Å². The maximum absolute atomic E-state index is 11.6. The first-order valence-corrected chi connectivity index (χ1v) is 5.95. The number of fused-ring (bicyclic) bond motifs is 1. The maximum atomic E-state index is 11.6. The molecule has 1 aliphatic heterocycles. The van der Waals surface area contributed by atoms with Gasteiger partial charge in [0.2, 0.25) is 5.91 Å². The molecule has 3 heteroatoms. The van der Waals surface area contributed by atoms with E-state index >= 15 is 0 Å². The van der Waals surface area contributed by atoms with Crippen molar-refractivity contribution >= 4 is 16.8 Å². The third kappa shape index (κ3) is 1.88. The van der Waals surface area contributed by atoms with Crippen molar-refractivity contribution in [1.29, 1.82) is 0 Å². The van der Waals surface area contributed by atoms with Gasteiger partial charge in [0, 0.05) is 24.0 Å². The second-order valence-electron chi connectivity index (χ2n) is 4.47. The molecule has 1 N–H and O–H groups in total. The van der Waals surface area contributed by atoms with Crippen LogP contribution in [0.15, 0.2) is 36.5 Å². The van der Waals surface area contributed by atoms with Crippen LogP contribution in [0.25, 0.3) is 10.9 Å². The molecule has 0 spiro atoms. The number of amides is 1. The van der Waals surface area contributed by atoms with E-state index in [2.05, 4.69) is 28.5 Å². The third-order valence-corrected chi connectivity index (χ3v) is 3.35. The largest absolute Gasteiger partial charge is 0.356 e. The number of hydrogen-bond donors (Lipinski definition) is 1. The van der Waals surface area contributed by atoms with E-state index in [0.717, 1.165) is 30.3 Å². The second-order valence-corrected chi connectivity index (χ2v) is 4.47. The lowest BCUT2D eigenvalue weighted by Gasteiger charge is -2.09. The van der Waals surface area contributed by atoms with Crippen LogP contribution in [0.5, 0.6) is 0 Å². The first-order chi connectivity index (χ1) is 8.34. The number of benzene rings is 1. The molecule has 1 aromatic heterocycles. The predicted octanol–water partition coefficient (Wildman–Crippen LogP) is 1.91. The molecule has 1 aromatic carbocycles. The summed E-state index contributed by atoms with van der Waals surface area (Å²) < 4.78 is 0. The lowest BCUT2D eigenvalue weighted by molar-refractivity contribution is -0.122. The zero-order chi connectivity index (χ0) is 11.7. The zero-order valence-corrected chi connectivity index (χ0v) is 9.52. The smallest absolute Gasteiger partial charge is 0.223 e. The Bertz CT molecular complexity index is 560. The molecule has 0 radical (unpaired) electrons. The van der Waals surface area contributed by atoms with Gasteiger partial charge in [0.1, 0.15) is 0 Å². The van der Waals surface area contributed by atoms with E-state index in [-0.39, 0.29) is 11.8 Å². The van der Waals surface area contributed by atoms with Gasteiger partial charge in [-0.05, 0) is 24.5 Å². The average molecular weight is 226 g/mol. The van der Waals surface area contributed by atoms with Crippen LogP contribution in [0.3, 0.4) is 0 Å². The van der Waals surface area contributed by atoms with Crippen LogP contribution >= 0.6 is 0 Å². The number of hydrogen-bond acceptors (Lipinski definition) is 2. The molecule has 2 heterocycles. The number of para-hydroxylation sites is 1. The Kier molecular flexibility index (Phi) is 2.52. The van der Waals surface area contributed by atoms with Crippen LogP contribution in [0.1, 0.15) is 12.0 Å². The Morgan fingerprint density at radius 1 is 1.29 bits per heavy atom. The highest BCUT2D eigenvalue weighted by atomic mass is 16.2. The lowest BCUT2D eigenvalue weighted by Crippen LogP contribution is -2.20. The number of carbonyl (C=O) groups excluding carboxylic acids is 1. The van der Waals surface area contributed by atoms with Crippen LogP contribution in [0.2, 0.25) is 0 Å². The number of carbonyl (C=O) groups is 1. The van der Waals surface area contributed by atoms with Crippen molar-refractivity contribution in [2.75, 3.05) is 6.54 Å². The number of nitrogens with zero attached hydrogens (tertiary/aromatic N) is 1. The van der Waals surface area contributed by atoms with Gasteiger partial charge in [0.05, 0.1) is 5.52 Å². The number of rotatable bonds is 2. The van der Waals surface area contributed by atoms with Gasteiger partial charge in [-0.3, -0.25) is 9.78 Å². The van der Waals surface area contributed by atoms with Gasteiger partial charge in [-0.15, -0.1) is 0 Å². The lowest BCUT2D eigenvalue weighted by atomic mass is 9.96. The van der Waals surface area contributed by atoms with E-state index in [4.69, 9.17) is 0 Å². The Hall–Kier alpha value is -1.90. The minimum absolute atomic E-state index is 0.114. The molecule has 86 valence electrons. The fourth-order valence-corrected chi connectivity index (χ4v) is 2.44. The molecule has 1 saturated heterocycles. The van der Waals surface area contributed by atoms with Crippen LogP contribution in [0.4, 0.5) is 0 Å². The van der Waals surface area contributed by atoms with Crippen LogP contribution in [-0.2, 0) is 11.2 Å². The molecule has 0 saturated carbocycles. The zero-order valence-electron chi connectivity index (χ0n) is 9.52. The van der Waals surface area contributed by atoms with E-state index in [1.807, 2.05) is 12.1 Å². The van der Waals surface area contributed by atoms with E-state index < -0.39 is 0 Å². The summed E-state index contributed by atoms with van der Waals surface area (Å²) in [5, 5.41) is 4.02. The summed E-state index contributed by atoms with van der Waals surface area (Å²) in [4.78, 5) is 16.0. The third-order valence-electron chi connectivity index (χ3n) is 3.35. The van der Waals surface area contributed by atoms with Gasteiger partial charge in [0.25, 0.3) is 0 Å². The summed E-state index contributed by atoms with van der Waals surface area (Å²) in [6, 6.07) is 10.2. The molecule has 2 aromatic rings. The molecule has 0 bridgehead atoms. The van der Waals surface area contributed by atoms with Crippen molar-refractivity contribution in [3.05, 3.63) is 42.1 Å².